The maximum Gasteiger partial charge on any atom is 0.292 e. The number of hydrogen-bond donors (Lipinski definition) is 0. The number of piperazine rings is 1. The first-order valence-electron chi connectivity index (χ1n) is 10.1. The van der Waals surface area contributed by atoms with E-state index in [2.05, 4.69) is 14.9 Å². The summed E-state index contributed by atoms with van der Waals surface area (Å²) in [6, 6.07) is 13.2. The summed E-state index contributed by atoms with van der Waals surface area (Å²) >= 11 is 8.08. The molecule has 0 spiro atoms. The number of aromatic nitrogens is 2. The van der Waals surface area contributed by atoms with E-state index in [1.807, 2.05) is 54.9 Å². The topological polar surface area (TPSA) is 61.7 Å². The maximum atomic E-state index is 12.7. The van der Waals surface area contributed by atoms with Crippen LogP contribution in [0.15, 0.2) is 58.8 Å². The second-order valence-electron chi connectivity index (χ2n) is 7.49. The van der Waals surface area contributed by atoms with Gasteiger partial charge in [0.2, 0.25) is 5.91 Å². The van der Waals surface area contributed by atoms with Crippen LogP contribution in [0.25, 0.3) is 5.69 Å². The van der Waals surface area contributed by atoms with Crippen LogP contribution < -0.4 is 10.5 Å². The van der Waals surface area contributed by atoms with Crippen molar-refractivity contribution in [3.63, 3.8) is 0 Å². The standard InChI is InChI=1S/C22H24ClN5O2S/c1-25(15-18-8-5-13-31-18)20(29)16-26-9-11-27(12-10-26)19-14-24-28(22(30)21(19)23)17-6-3-2-4-7-17/h2-8,13-14H,9-12,15-16H2,1H3. The molecule has 4 rings (SSSR count). The number of likely N-dealkylation sites (N-methyl/N-ethyl adjacent to an activating group) is 1. The summed E-state index contributed by atoms with van der Waals surface area (Å²) in [5.41, 5.74) is 0.980. The molecule has 0 bridgehead atoms. The van der Waals surface area contributed by atoms with Crippen molar-refractivity contribution in [2.45, 2.75) is 6.54 Å². The molecule has 1 aliphatic rings. The van der Waals surface area contributed by atoms with Gasteiger partial charge in [0.15, 0.2) is 0 Å². The van der Waals surface area contributed by atoms with E-state index >= 15 is 0 Å². The lowest BCUT2D eigenvalue weighted by molar-refractivity contribution is -0.131. The minimum Gasteiger partial charge on any atom is -0.366 e. The van der Waals surface area contributed by atoms with Gasteiger partial charge in [0.05, 0.1) is 30.7 Å². The highest BCUT2D eigenvalue weighted by atomic mass is 35.5. The molecule has 2 aromatic heterocycles. The van der Waals surface area contributed by atoms with E-state index in [4.69, 9.17) is 11.6 Å². The number of amides is 1. The second kappa shape index (κ2) is 9.64. The summed E-state index contributed by atoms with van der Waals surface area (Å²) in [6.45, 7) is 3.82. The van der Waals surface area contributed by atoms with E-state index in [-0.39, 0.29) is 16.5 Å². The van der Waals surface area contributed by atoms with Crippen molar-refractivity contribution in [3.8, 4) is 5.69 Å². The molecule has 0 saturated carbocycles. The van der Waals surface area contributed by atoms with Gasteiger partial charge in [-0.15, -0.1) is 11.3 Å². The Bertz CT molecular complexity index is 1080. The average Bonchev–Trinajstić information content (AvgIpc) is 3.30. The highest BCUT2D eigenvalue weighted by molar-refractivity contribution is 7.09. The zero-order valence-corrected chi connectivity index (χ0v) is 18.8. The van der Waals surface area contributed by atoms with Crippen LogP contribution in [0.5, 0.6) is 0 Å². The SMILES string of the molecule is CN(Cc1cccs1)C(=O)CN1CCN(c2cnn(-c3ccccc3)c(=O)c2Cl)CC1. The quantitative estimate of drug-likeness (QED) is 0.569. The van der Waals surface area contributed by atoms with Gasteiger partial charge in [-0.2, -0.15) is 9.78 Å². The molecule has 0 atom stereocenters. The monoisotopic (exact) mass is 457 g/mol. The second-order valence-corrected chi connectivity index (χ2v) is 8.90. The van der Waals surface area contributed by atoms with Crippen LogP contribution >= 0.6 is 22.9 Å². The van der Waals surface area contributed by atoms with Gasteiger partial charge in [0.25, 0.3) is 5.56 Å². The van der Waals surface area contributed by atoms with Crippen LogP contribution in [-0.2, 0) is 11.3 Å². The van der Waals surface area contributed by atoms with E-state index in [0.717, 1.165) is 13.1 Å². The van der Waals surface area contributed by atoms with Crippen molar-refractivity contribution in [2.75, 3.05) is 44.7 Å². The molecule has 1 amide bonds. The molecule has 7 nitrogen and oxygen atoms in total. The van der Waals surface area contributed by atoms with E-state index < -0.39 is 0 Å². The van der Waals surface area contributed by atoms with Crippen LogP contribution in [0.1, 0.15) is 4.88 Å². The Hall–Kier alpha value is -2.68. The van der Waals surface area contributed by atoms with Crippen LogP contribution in [0.3, 0.4) is 0 Å². The third-order valence-corrected chi connectivity index (χ3v) is 6.59. The predicted octanol–water partition coefficient (Wildman–Crippen LogP) is 2.73. The lowest BCUT2D eigenvalue weighted by Crippen LogP contribution is -2.50. The highest BCUT2D eigenvalue weighted by Gasteiger charge is 2.23. The molecular formula is C22H24ClN5O2S. The summed E-state index contributed by atoms with van der Waals surface area (Å²) in [4.78, 5) is 32.4. The van der Waals surface area contributed by atoms with Gasteiger partial charge in [-0.1, -0.05) is 35.9 Å². The molecule has 1 aromatic carbocycles. The number of rotatable bonds is 6. The molecule has 162 valence electrons. The van der Waals surface area contributed by atoms with Crippen molar-refractivity contribution >= 4 is 34.5 Å². The van der Waals surface area contributed by atoms with Gasteiger partial charge < -0.3 is 9.80 Å². The Morgan fingerprint density at radius 2 is 1.87 bits per heavy atom. The van der Waals surface area contributed by atoms with Gasteiger partial charge in [-0.3, -0.25) is 14.5 Å². The summed E-state index contributed by atoms with van der Waals surface area (Å²) < 4.78 is 1.31. The number of hydrogen-bond acceptors (Lipinski definition) is 6. The minimum atomic E-state index is -0.335. The lowest BCUT2D eigenvalue weighted by atomic mass is 10.2. The molecule has 9 heteroatoms. The fraction of sp³-hybridized carbons (Fsp3) is 0.318. The molecule has 3 heterocycles. The Balaban J connectivity index is 1.36. The van der Waals surface area contributed by atoms with Crippen molar-refractivity contribution in [3.05, 3.63) is 74.3 Å². The Kier molecular flexibility index (Phi) is 6.70. The first kappa shape index (κ1) is 21.5. The van der Waals surface area contributed by atoms with E-state index in [0.29, 0.717) is 37.6 Å². The first-order valence-corrected chi connectivity index (χ1v) is 11.4. The number of nitrogens with zero attached hydrogens (tertiary/aromatic N) is 5. The number of carbonyl (C=O) groups excluding carboxylic acids is 1. The highest BCUT2D eigenvalue weighted by Crippen LogP contribution is 2.23. The molecule has 0 unspecified atom stereocenters. The van der Waals surface area contributed by atoms with E-state index in [1.165, 1.54) is 9.56 Å². The fourth-order valence-electron chi connectivity index (χ4n) is 3.58. The number of halogens is 1. The Morgan fingerprint density at radius 3 is 2.55 bits per heavy atom. The summed E-state index contributed by atoms with van der Waals surface area (Å²) in [6.07, 6.45) is 1.65. The molecule has 0 aliphatic carbocycles. The van der Waals surface area contributed by atoms with Crippen LogP contribution in [0, 0.1) is 0 Å². The summed E-state index contributed by atoms with van der Waals surface area (Å²) in [5, 5.41) is 6.50. The molecule has 1 aliphatic heterocycles. The molecule has 0 radical (unpaired) electrons. The zero-order valence-electron chi connectivity index (χ0n) is 17.3. The molecular weight excluding hydrogens is 434 g/mol. The first-order chi connectivity index (χ1) is 15.0. The Morgan fingerprint density at radius 1 is 1.13 bits per heavy atom. The maximum absolute atomic E-state index is 12.7. The number of anilines is 1. The van der Waals surface area contributed by atoms with Crippen LogP contribution in [-0.4, -0.2) is 65.3 Å². The number of carbonyl (C=O) groups is 1. The van der Waals surface area contributed by atoms with Crippen molar-refractivity contribution in [2.24, 2.45) is 0 Å². The smallest absolute Gasteiger partial charge is 0.292 e. The Labute approximate surface area is 190 Å². The molecule has 3 aromatic rings. The number of para-hydroxylation sites is 1. The van der Waals surface area contributed by atoms with Crippen LogP contribution in [0.4, 0.5) is 5.69 Å². The fourth-order valence-corrected chi connectivity index (χ4v) is 4.59. The molecule has 1 saturated heterocycles. The van der Waals surface area contributed by atoms with Crippen molar-refractivity contribution in [1.29, 1.82) is 0 Å². The summed E-state index contributed by atoms with van der Waals surface area (Å²) in [7, 11) is 1.84. The minimum absolute atomic E-state index is 0.104. The number of benzene rings is 1. The average molecular weight is 458 g/mol. The molecule has 1 fully saturated rings. The summed E-state index contributed by atoms with van der Waals surface area (Å²) in [5.74, 6) is 0.104. The molecule has 0 N–H and O–H groups in total. The van der Waals surface area contributed by atoms with Crippen molar-refractivity contribution in [1.82, 2.24) is 19.6 Å². The van der Waals surface area contributed by atoms with Gasteiger partial charge >= 0.3 is 0 Å². The van der Waals surface area contributed by atoms with Gasteiger partial charge in [-0.25, -0.2) is 0 Å². The van der Waals surface area contributed by atoms with Gasteiger partial charge in [-0.05, 0) is 23.6 Å². The van der Waals surface area contributed by atoms with Gasteiger partial charge in [0.1, 0.15) is 5.02 Å². The normalized spacial score (nSPS) is 14.6. The lowest BCUT2D eigenvalue weighted by Gasteiger charge is -2.36. The molecule has 31 heavy (non-hydrogen) atoms. The van der Waals surface area contributed by atoms with E-state index in [1.54, 1.807) is 22.4 Å². The third kappa shape index (κ3) is 4.98. The third-order valence-electron chi connectivity index (χ3n) is 5.37. The predicted molar refractivity (Wildman–Crippen MR) is 124 cm³/mol. The van der Waals surface area contributed by atoms with Gasteiger partial charge in [0, 0.05) is 38.1 Å². The van der Waals surface area contributed by atoms with Crippen molar-refractivity contribution < 1.29 is 4.79 Å². The van der Waals surface area contributed by atoms with E-state index in [9.17, 15) is 9.59 Å². The number of thiophene rings is 1. The van der Waals surface area contributed by atoms with Crippen LogP contribution in [0.2, 0.25) is 5.02 Å². The largest absolute Gasteiger partial charge is 0.366 e. The zero-order chi connectivity index (χ0) is 21.8.